The summed E-state index contributed by atoms with van der Waals surface area (Å²) < 4.78 is 0. The molecule has 0 radical (unpaired) electrons. The van der Waals surface area contributed by atoms with Gasteiger partial charge in [-0.15, -0.1) is 0 Å². The van der Waals surface area contributed by atoms with Crippen LogP contribution in [0.4, 0.5) is 5.69 Å². The largest absolute Gasteiger partial charge is 0.371 e. The molecule has 42 heavy (non-hydrogen) atoms. The van der Waals surface area contributed by atoms with Crippen LogP contribution in [0.2, 0.25) is 0 Å². The van der Waals surface area contributed by atoms with Crippen molar-refractivity contribution in [1.82, 2.24) is 25.5 Å². The molecule has 0 spiro atoms. The summed E-state index contributed by atoms with van der Waals surface area (Å²) in [6, 6.07) is 10.5. The highest BCUT2D eigenvalue weighted by molar-refractivity contribution is 5.99. The number of aromatic amines is 1. The Labute approximate surface area is 248 Å². The molecule has 2 amide bonds. The van der Waals surface area contributed by atoms with Gasteiger partial charge in [-0.2, -0.15) is 0 Å². The zero-order valence-electron chi connectivity index (χ0n) is 25.9. The molecule has 1 saturated carbocycles. The van der Waals surface area contributed by atoms with Crippen LogP contribution in [0.15, 0.2) is 41.3 Å². The Balaban J connectivity index is 1.66. The van der Waals surface area contributed by atoms with Crippen LogP contribution in [0, 0.1) is 20.8 Å². The van der Waals surface area contributed by atoms with Gasteiger partial charge >= 0.3 is 0 Å². The summed E-state index contributed by atoms with van der Waals surface area (Å²) in [6.45, 7) is 8.17. The second-order valence-electron chi connectivity index (χ2n) is 11.9. The van der Waals surface area contributed by atoms with E-state index in [9.17, 15) is 14.4 Å². The Hall–Kier alpha value is -3.98. The summed E-state index contributed by atoms with van der Waals surface area (Å²) in [5, 5.41) is 6.05. The van der Waals surface area contributed by atoms with Crippen molar-refractivity contribution in [2.24, 2.45) is 0 Å². The summed E-state index contributed by atoms with van der Waals surface area (Å²) in [5.41, 5.74) is 7.27. The molecule has 0 bridgehead atoms. The molecule has 0 saturated heterocycles. The lowest BCUT2D eigenvalue weighted by atomic mass is 9.89. The minimum absolute atomic E-state index is 0.0130. The summed E-state index contributed by atoms with van der Waals surface area (Å²) in [5.74, 6) is -0.214. The van der Waals surface area contributed by atoms with Gasteiger partial charge in [-0.3, -0.25) is 19.4 Å². The molecule has 2 aromatic heterocycles. The van der Waals surface area contributed by atoms with Crippen LogP contribution in [0.25, 0.3) is 11.1 Å². The third kappa shape index (κ3) is 7.45. The number of hydrogen-bond acceptors (Lipinski definition) is 6. The van der Waals surface area contributed by atoms with E-state index in [0.29, 0.717) is 11.1 Å². The van der Waals surface area contributed by atoms with Gasteiger partial charge < -0.3 is 25.4 Å². The molecule has 0 unspecified atom stereocenters. The van der Waals surface area contributed by atoms with E-state index < -0.39 is 0 Å². The van der Waals surface area contributed by atoms with Crippen molar-refractivity contribution in [1.29, 1.82) is 0 Å². The summed E-state index contributed by atoms with van der Waals surface area (Å²) >= 11 is 0. The van der Waals surface area contributed by atoms with Crippen molar-refractivity contribution in [2.75, 3.05) is 26.0 Å². The lowest BCUT2D eigenvalue weighted by Crippen LogP contribution is -2.42. The number of pyridine rings is 2. The lowest BCUT2D eigenvalue weighted by Gasteiger charge is -2.37. The molecule has 9 nitrogen and oxygen atoms in total. The Kier molecular flexibility index (Phi) is 9.83. The second kappa shape index (κ2) is 13.3. The Morgan fingerprint density at radius 2 is 1.71 bits per heavy atom. The molecule has 3 aromatic rings. The molecule has 224 valence electrons. The minimum Gasteiger partial charge on any atom is -0.371 e. The fourth-order valence-electron chi connectivity index (χ4n) is 5.94. The Morgan fingerprint density at radius 3 is 2.31 bits per heavy atom. The molecule has 1 aromatic carbocycles. The van der Waals surface area contributed by atoms with Gasteiger partial charge in [0.15, 0.2) is 0 Å². The summed E-state index contributed by atoms with van der Waals surface area (Å²) in [4.78, 5) is 49.6. The highest BCUT2D eigenvalue weighted by Crippen LogP contribution is 2.34. The number of anilines is 1. The Morgan fingerprint density at radius 1 is 1.00 bits per heavy atom. The quantitative estimate of drug-likeness (QED) is 0.354. The van der Waals surface area contributed by atoms with E-state index in [-0.39, 0.29) is 36.0 Å². The highest BCUT2D eigenvalue weighted by Gasteiger charge is 2.27. The molecule has 1 aliphatic carbocycles. The van der Waals surface area contributed by atoms with E-state index >= 15 is 0 Å². The molecular weight excluding hydrogens is 528 g/mol. The van der Waals surface area contributed by atoms with Crippen LogP contribution >= 0.6 is 0 Å². The van der Waals surface area contributed by atoms with Crippen LogP contribution in [0.1, 0.15) is 71.0 Å². The number of benzene rings is 1. The normalized spacial score (nSPS) is 16.8. The van der Waals surface area contributed by atoms with E-state index in [0.717, 1.165) is 71.6 Å². The molecular formula is C33H44N6O3. The SMILES string of the molecule is CC(=O)N[C@H]1CC[C@@H](N(C)c2cc(-c3ccc(CN(C)C)nc3)cc(C(=O)NCc3c(C)cc(C)[nH]c3=O)c2C)CC1. The second-order valence-corrected chi connectivity index (χ2v) is 11.9. The monoisotopic (exact) mass is 572 g/mol. The molecule has 1 aliphatic rings. The first kappa shape index (κ1) is 31.0. The zero-order chi connectivity index (χ0) is 30.6. The van der Waals surface area contributed by atoms with E-state index in [4.69, 9.17) is 0 Å². The summed E-state index contributed by atoms with van der Waals surface area (Å²) in [6.07, 6.45) is 5.60. The van der Waals surface area contributed by atoms with Gasteiger partial charge in [0.05, 0.1) is 5.69 Å². The molecule has 0 atom stereocenters. The summed E-state index contributed by atoms with van der Waals surface area (Å²) in [7, 11) is 6.11. The van der Waals surface area contributed by atoms with Gasteiger partial charge in [0, 0.05) is 73.4 Å². The lowest BCUT2D eigenvalue weighted by molar-refractivity contribution is -0.119. The number of aryl methyl sites for hydroxylation is 2. The van der Waals surface area contributed by atoms with Gasteiger partial charge in [0.2, 0.25) is 5.91 Å². The molecule has 9 heteroatoms. The van der Waals surface area contributed by atoms with Crippen molar-refractivity contribution in [3.8, 4) is 11.1 Å². The van der Waals surface area contributed by atoms with Crippen LogP contribution in [0.5, 0.6) is 0 Å². The van der Waals surface area contributed by atoms with Crippen LogP contribution in [-0.2, 0) is 17.9 Å². The molecule has 1 fully saturated rings. The molecule has 2 heterocycles. The van der Waals surface area contributed by atoms with Crippen molar-refractivity contribution in [3.63, 3.8) is 0 Å². The fourth-order valence-corrected chi connectivity index (χ4v) is 5.94. The van der Waals surface area contributed by atoms with Crippen LogP contribution in [-0.4, -0.2) is 59.9 Å². The third-order valence-corrected chi connectivity index (χ3v) is 8.21. The van der Waals surface area contributed by atoms with Crippen LogP contribution < -0.4 is 21.1 Å². The maximum Gasteiger partial charge on any atom is 0.253 e. The van der Waals surface area contributed by atoms with Crippen molar-refractivity contribution in [2.45, 2.75) is 78.6 Å². The topological polar surface area (TPSA) is 110 Å². The van der Waals surface area contributed by atoms with Gasteiger partial charge in [0.25, 0.3) is 11.5 Å². The number of nitrogens with one attached hydrogen (secondary N) is 3. The average Bonchev–Trinajstić information content (AvgIpc) is 2.92. The van der Waals surface area contributed by atoms with Crippen molar-refractivity contribution < 1.29 is 9.59 Å². The van der Waals surface area contributed by atoms with Gasteiger partial charge in [-0.25, -0.2) is 0 Å². The predicted octanol–water partition coefficient (Wildman–Crippen LogP) is 4.24. The average molecular weight is 573 g/mol. The zero-order valence-corrected chi connectivity index (χ0v) is 25.9. The number of amides is 2. The minimum atomic E-state index is -0.227. The molecule has 4 rings (SSSR count). The van der Waals surface area contributed by atoms with E-state index in [1.807, 2.05) is 59.3 Å². The number of H-pyrrole nitrogens is 1. The van der Waals surface area contributed by atoms with E-state index in [2.05, 4.69) is 49.6 Å². The predicted molar refractivity (Wildman–Crippen MR) is 168 cm³/mol. The van der Waals surface area contributed by atoms with Gasteiger partial charge in [-0.05, 0) is 102 Å². The number of aromatic nitrogens is 2. The number of carbonyl (C=O) groups is 2. The number of nitrogens with zero attached hydrogens (tertiary/aromatic N) is 3. The first-order chi connectivity index (χ1) is 19.9. The smallest absolute Gasteiger partial charge is 0.253 e. The third-order valence-electron chi connectivity index (χ3n) is 8.21. The Bertz CT molecular complexity index is 1490. The maximum atomic E-state index is 13.7. The number of carbonyl (C=O) groups excluding carboxylic acids is 2. The van der Waals surface area contributed by atoms with Crippen molar-refractivity contribution >= 4 is 17.5 Å². The van der Waals surface area contributed by atoms with Crippen LogP contribution in [0.3, 0.4) is 0 Å². The van der Waals surface area contributed by atoms with Gasteiger partial charge in [-0.1, -0.05) is 6.07 Å². The van der Waals surface area contributed by atoms with E-state index in [1.54, 1.807) is 6.92 Å². The highest BCUT2D eigenvalue weighted by atomic mass is 16.2. The first-order valence-corrected chi connectivity index (χ1v) is 14.6. The van der Waals surface area contributed by atoms with Gasteiger partial charge in [0.1, 0.15) is 0 Å². The first-order valence-electron chi connectivity index (χ1n) is 14.6. The maximum absolute atomic E-state index is 13.7. The number of hydrogen-bond donors (Lipinski definition) is 3. The molecule has 3 N–H and O–H groups in total. The van der Waals surface area contributed by atoms with Crippen molar-refractivity contribution in [3.05, 3.63) is 80.5 Å². The fraction of sp³-hybridized carbons (Fsp3) is 0.455. The standard InChI is InChI=1S/C33H44N6O3/c1-20-14-21(2)36-33(42)30(20)18-35-32(41)29-15-25(24-8-9-27(34-17-24)19-38(5)6)16-31(22(29)3)39(7)28-12-10-26(11-13-28)37-23(4)40/h8-9,14-17,26,28H,10-13,18-19H2,1-7H3,(H,35,41)(H,36,42)(H,37,40)/t26-,28+. The molecule has 0 aliphatic heterocycles. The van der Waals surface area contributed by atoms with E-state index in [1.165, 1.54) is 0 Å². The number of rotatable bonds is 9.